The van der Waals surface area contributed by atoms with Crippen molar-refractivity contribution < 1.29 is 4.39 Å². The van der Waals surface area contributed by atoms with Crippen molar-refractivity contribution in [2.24, 2.45) is 0 Å². The lowest BCUT2D eigenvalue weighted by atomic mass is 10.1. The molecule has 0 atom stereocenters. The van der Waals surface area contributed by atoms with Gasteiger partial charge in [-0.2, -0.15) is 0 Å². The normalized spacial score (nSPS) is 10.3. The third-order valence-corrected chi connectivity index (χ3v) is 2.21. The average molecular weight is 202 g/mol. The fourth-order valence-electron chi connectivity index (χ4n) is 1.44. The molecule has 1 heterocycles. The van der Waals surface area contributed by atoms with Crippen LogP contribution in [0.4, 0.5) is 10.2 Å². The van der Waals surface area contributed by atoms with Gasteiger partial charge in [-0.1, -0.05) is 12.1 Å². The molecule has 0 fully saturated rings. The molecule has 76 valence electrons. The summed E-state index contributed by atoms with van der Waals surface area (Å²) in [6.07, 6.45) is 1.71. The van der Waals surface area contributed by atoms with Gasteiger partial charge in [-0.3, -0.25) is 0 Å². The van der Waals surface area contributed by atoms with Gasteiger partial charge in [0.15, 0.2) is 0 Å². The van der Waals surface area contributed by atoms with E-state index in [1.165, 1.54) is 12.1 Å². The molecule has 0 bridgehead atoms. The van der Waals surface area contributed by atoms with E-state index in [9.17, 15) is 4.39 Å². The van der Waals surface area contributed by atoms with Crippen molar-refractivity contribution in [2.45, 2.75) is 6.92 Å². The number of halogens is 1. The molecule has 3 heteroatoms. The van der Waals surface area contributed by atoms with E-state index >= 15 is 0 Å². The molecule has 2 nitrogen and oxygen atoms in total. The predicted molar refractivity (Wildman–Crippen MR) is 58.8 cm³/mol. The number of hydrogen-bond acceptors (Lipinski definition) is 2. The van der Waals surface area contributed by atoms with Crippen LogP contribution in [-0.2, 0) is 0 Å². The predicted octanol–water partition coefficient (Wildman–Crippen LogP) is 2.78. The van der Waals surface area contributed by atoms with E-state index in [1.807, 2.05) is 13.0 Å². The zero-order valence-electron chi connectivity index (χ0n) is 8.37. The smallest absolute Gasteiger partial charge is 0.131 e. The van der Waals surface area contributed by atoms with Gasteiger partial charge in [0.2, 0.25) is 0 Å². The SMILES string of the molecule is Cc1cnc(N)c(-c2ccc(F)cc2)c1. The first-order chi connectivity index (χ1) is 7.16. The minimum atomic E-state index is -0.252. The second-order valence-corrected chi connectivity index (χ2v) is 3.45. The summed E-state index contributed by atoms with van der Waals surface area (Å²) in [7, 11) is 0. The highest BCUT2D eigenvalue weighted by molar-refractivity contribution is 5.73. The van der Waals surface area contributed by atoms with E-state index in [2.05, 4.69) is 4.98 Å². The van der Waals surface area contributed by atoms with Crippen LogP contribution in [0.15, 0.2) is 36.5 Å². The summed E-state index contributed by atoms with van der Waals surface area (Å²) in [5.41, 5.74) is 8.51. The molecule has 0 aliphatic carbocycles. The van der Waals surface area contributed by atoms with Crippen LogP contribution < -0.4 is 5.73 Å². The molecule has 1 aromatic heterocycles. The van der Waals surface area contributed by atoms with Crippen LogP contribution >= 0.6 is 0 Å². The Morgan fingerprint density at radius 1 is 1.20 bits per heavy atom. The number of benzene rings is 1. The molecule has 2 aromatic rings. The van der Waals surface area contributed by atoms with Gasteiger partial charge in [0.05, 0.1) is 0 Å². The highest BCUT2D eigenvalue weighted by Crippen LogP contribution is 2.24. The summed E-state index contributed by atoms with van der Waals surface area (Å²) < 4.78 is 12.7. The number of rotatable bonds is 1. The molecule has 0 spiro atoms. The molecule has 2 N–H and O–H groups in total. The summed E-state index contributed by atoms with van der Waals surface area (Å²) in [5.74, 6) is 0.213. The van der Waals surface area contributed by atoms with Crippen LogP contribution in [0, 0.1) is 12.7 Å². The molecule has 0 amide bonds. The second kappa shape index (κ2) is 3.69. The molecule has 0 saturated heterocycles. The molecule has 15 heavy (non-hydrogen) atoms. The summed E-state index contributed by atoms with van der Waals surface area (Å²) >= 11 is 0. The van der Waals surface area contributed by atoms with Crippen molar-refractivity contribution in [1.29, 1.82) is 0 Å². The number of nitrogen functional groups attached to an aromatic ring is 1. The van der Waals surface area contributed by atoms with Gasteiger partial charge in [-0.15, -0.1) is 0 Å². The maximum atomic E-state index is 12.7. The number of aryl methyl sites for hydroxylation is 1. The first-order valence-corrected chi connectivity index (χ1v) is 4.65. The number of pyridine rings is 1. The lowest BCUT2D eigenvalue weighted by molar-refractivity contribution is 0.628. The van der Waals surface area contributed by atoms with Crippen molar-refractivity contribution in [3.05, 3.63) is 47.9 Å². The highest BCUT2D eigenvalue weighted by Gasteiger charge is 2.03. The van der Waals surface area contributed by atoms with Gasteiger partial charge in [-0.05, 0) is 36.2 Å². The minimum Gasteiger partial charge on any atom is -0.383 e. The van der Waals surface area contributed by atoms with Crippen LogP contribution in [0.25, 0.3) is 11.1 Å². The first kappa shape index (κ1) is 9.65. The molecule has 0 aliphatic rings. The lowest BCUT2D eigenvalue weighted by Crippen LogP contribution is -1.94. The van der Waals surface area contributed by atoms with Gasteiger partial charge in [-0.25, -0.2) is 9.37 Å². The number of hydrogen-bond donors (Lipinski definition) is 1. The van der Waals surface area contributed by atoms with Crippen LogP contribution in [0.1, 0.15) is 5.56 Å². The highest BCUT2D eigenvalue weighted by atomic mass is 19.1. The Labute approximate surface area is 87.6 Å². The zero-order chi connectivity index (χ0) is 10.8. The van der Waals surface area contributed by atoms with E-state index in [0.29, 0.717) is 5.82 Å². The number of anilines is 1. The van der Waals surface area contributed by atoms with Crippen LogP contribution in [0.2, 0.25) is 0 Å². The zero-order valence-corrected chi connectivity index (χ0v) is 8.37. The Hall–Kier alpha value is -1.90. The molecule has 0 radical (unpaired) electrons. The van der Waals surface area contributed by atoms with Crippen molar-refractivity contribution in [3.8, 4) is 11.1 Å². The van der Waals surface area contributed by atoms with Gasteiger partial charge in [0.25, 0.3) is 0 Å². The maximum Gasteiger partial charge on any atom is 0.131 e. The summed E-state index contributed by atoms with van der Waals surface area (Å²) in [6.45, 7) is 1.94. The lowest BCUT2D eigenvalue weighted by Gasteiger charge is -2.05. The second-order valence-electron chi connectivity index (χ2n) is 3.45. The van der Waals surface area contributed by atoms with E-state index in [-0.39, 0.29) is 5.82 Å². The molecule has 2 rings (SSSR count). The van der Waals surface area contributed by atoms with E-state index < -0.39 is 0 Å². The molecule has 0 unspecified atom stereocenters. The number of nitrogens with zero attached hydrogens (tertiary/aromatic N) is 1. The quantitative estimate of drug-likeness (QED) is 0.772. The summed E-state index contributed by atoms with van der Waals surface area (Å²) in [4.78, 5) is 4.06. The van der Waals surface area contributed by atoms with Gasteiger partial charge >= 0.3 is 0 Å². The summed E-state index contributed by atoms with van der Waals surface area (Å²) in [5, 5.41) is 0. The average Bonchev–Trinajstić information content (AvgIpc) is 2.23. The molecule has 1 aromatic carbocycles. The Balaban J connectivity index is 2.53. The Bertz CT molecular complexity index is 477. The van der Waals surface area contributed by atoms with Gasteiger partial charge in [0, 0.05) is 11.8 Å². The first-order valence-electron chi connectivity index (χ1n) is 4.65. The van der Waals surface area contributed by atoms with Crippen LogP contribution in [0.3, 0.4) is 0 Å². The monoisotopic (exact) mass is 202 g/mol. The van der Waals surface area contributed by atoms with Crippen molar-refractivity contribution in [2.75, 3.05) is 5.73 Å². The van der Waals surface area contributed by atoms with E-state index in [0.717, 1.165) is 16.7 Å². The van der Waals surface area contributed by atoms with E-state index in [4.69, 9.17) is 5.73 Å². The largest absolute Gasteiger partial charge is 0.383 e. The van der Waals surface area contributed by atoms with Crippen molar-refractivity contribution >= 4 is 5.82 Å². The Morgan fingerprint density at radius 2 is 1.87 bits per heavy atom. The summed E-state index contributed by atoms with van der Waals surface area (Å²) in [6, 6.07) is 8.16. The number of nitrogens with two attached hydrogens (primary N) is 1. The van der Waals surface area contributed by atoms with Crippen LogP contribution in [0.5, 0.6) is 0 Å². The topological polar surface area (TPSA) is 38.9 Å². The number of aromatic nitrogens is 1. The van der Waals surface area contributed by atoms with Crippen molar-refractivity contribution in [3.63, 3.8) is 0 Å². The van der Waals surface area contributed by atoms with Gasteiger partial charge < -0.3 is 5.73 Å². The maximum absolute atomic E-state index is 12.7. The molecule has 0 saturated carbocycles. The standard InChI is InChI=1S/C12H11FN2/c1-8-6-11(12(14)15-7-8)9-2-4-10(13)5-3-9/h2-7H,1H3,(H2,14,15). The third kappa shape index (κ3) is 1.96. The van der Waals surface area contributed by atoms with Crippen LogP contribution in [-0.4, -0.2) is 4.98 Å². The molecule has 0 aliphatic heterocycles. The van der Waals surface area contributed by atoms with Gasteiger partial charge in [0.1, 0.15) is 11.6 Å². The van der Waals surface area contributed by atoms with E-state index in [1.54, 1.807) is 18.3 Å². The minimum absolute atomic E-state index is 0.252. The molecular formula is C12H11FN2. The fourth-order valence-corrected chi connectivity index (χ4v) is 1.44. The molecular weight excluding hydrogens is 191 g/mol. The Morgan fingerprint density at radius 3 is 2.53 bits per heavy atom. The fraction of sp³-hybridized carbons (Fsp3) is 0.0833. The Kier molecular flexibility index (Phi) is 2.37. The van der Waals surface area contributed by atoms with Crippen molar-refractivity contribution in [1.82, 2.24) is 4.98 Å². The third-order valence-electron chi connectivity index (χ3n) is 2.21.